The van der Waals surface area contributed by atoms with Crippen LogP contribution in [0.4, 0.5) is 0 Å². The number of hydrogen-bond donors (Lipinski definition) is 3. The lowest BCUT2D eigenvalue weighted by atomic mass is 10.1. The Labute approximate surface area is 122 Å². The predicted octanol–water partition coefficient (Wildman–Crippen LogP) is 0.953. The monoisotopic (exact) mass is 334 g/mol. The molecule has 0 aliphatic carbocycles. The Morgan fingerprint density at radius 1 is 0.857 bits per heavy atom. The smallest absolute Gasteiger partial charge is 0.294 e. The molecule has 0 bridgehead atoms. The maximum absolute atomic E-state index is 10.8. The van der Waals surface area contributed by atoms with Crippen LogP contribution in [0.1, 0.15) is 0 Å². The average Bonchev–Trinajstić information content (AvgIpc) is 2.36. The Bertz CT molecular complexity index is 810. The molecule has 0 saturated carbocycles. The van der Waals surface area contributed by atoms with Gasteiger partial charge in [0.15, 0.2) is 0 Å². The topological polar surface area (TPSA) is 129 Å². The van der Waals surface area contributed by atoms with Crippen molar-refractivity contribution in [1.29, 1.82) is 0 Å². The van der Waals surface area contributed by atoms with Crippen molar-refractivity contribution in [3.8, 4) is 0 Å². The van der Waals surface area contributed by atoms with Gasteiger partial charge in [0.05, 0.1) is 17.3 Å². The average molecular weight is 334 g/mol. The van der Waals surface area contributed by atoms with Gasteiger partial charge in [0.2, 0.25) is 0 Å². The first-order valence-corrected chi connectivity index (χ1v) is 8.71. The number of hydrogen-bond acceptors (Lipinski definition) is 5. The molecule has 2 aromatic carbocycles. The van der Waals surface area contributed by atoms with Gasteiger partial charge in [-0.25, -0.2) is 0 Å². The zero-order chi connectivity index (χ0) is 16.1. The molecule has 0 aliphatic rings. The normalized spacial score (nSPS) is 11.8. The quantitative estimate of drug-likeness (QED) is 0.713. The van der Waals surface area contributed by atoms with Crippen molar-refractivity contribution in [2.24, 2.45) is 0 Å². The highest BCUT2D eigenvalue weighted by molar-refractivity contribution is 7.86. The third kappa shape index (κ3) is 6.19. The van der Waals surface area contributed by atoms with Gasteiger partial charge in [-0.1, -0.05) is 30.3 Å². The van der Waals surface area contributed by atoms with E-state index in [1.54, 1.807) is 12.1 Å². The maximum Gasteiger partial charge on any atom is 0.294 e. The molecule has 0 radical (unpaired) electrons. The van der Waals surface area contributed by atoms with Crippen LogP contribution in [0.3, 0.4) is 0 Å². The third-order valence-corrected chi connectivity index (χ3v) is 3.92. The van der Waals surface area contributed by atoms with Crippen molar-refractivity contribution < 1.29 is 31.0 Å². The summed E-state index contributed by atoms with van der Waals surface area (Å²) in [5.41, 5.74) is 0. The summed E-state index contributed by atoms with van der Waals surface area (Å²) in [5.74, 6) is -0.576. The standard InChI is InChI=1S/C10H8O3S.C2H6O4S/c11-14(12,13)10-6-5-8-3-1-2-4-9(8)7-10;3-1-2-7(4,5)6/h1-7H,(H,11,12,13);3H,1-2H2,(H,4,5,6). The number of aliphatic hydroxyl groups excluding tert-OH is 1. The van der Waals surface area contributed by atoms with Gasteiger partial charge in [-0.05, 0) is 22.9 Å². The Kier molecular flexibility index (Phi) is 5.81. The van der Waals surface area contributed by atoms with Gasteiger partial charge in [-0.3, -0.25) is 9.11 Å². The third-order valence-electron chi connectivity index (χ3n) is 2.37. The molecular weight excluding hydrogens is 320 g/mol. The fourth-order valence-corrected chi connectivity index (χ4v) is 2.19. The zero-order valence-corrected chi connectivity index (χ0v) is 12.4. The molecule has 0 aromatic heterocycles. The summed E-state index contributed by atoms with van der Waals surface area (Å²) in [7, 11) is -8.02. The SMILES string of the molecule is O=S(=O)(O)CCO.O=S(=O)(O)c1ccc2ccccc2c1. The first kappa shape index (κ1) is 17.5. The number of fused-ring (bicyclic) bond motifs is 1. The van der Waals surface area contributed by atoms with Gasteiger partial charge in [-0.15, -0.1) is 0 Å². The Balaban J connectivity index is 0.000000270. The molecule has 0 atom stereocenters. The first-order chi connectivity index (χ1) is 9.63. The molecule has 9 heteroatoms. The molecular formula is C12H14O7S2. The highest BCUT2D eigenvalue weighted by Crippen LogP contribution is 2.18. The van der Waals surface area contributed by atoms with E-state index in [4.69, 9.17) is 14.2 Å². The lowest BCUT2D eigenvalue weighted by molar-refractivity contribution is 0.315. The molecule has 0 heterocycles. The molecule has 0 amide bonds. The van der Waals surface area contributed by atoms with Crippen LogP contribution in [0.5, 0.6) is 0 Å². The summed E-state index contributed by atoms with van der Waals surface area (Å²) in [4.78, 5) is -0.0730. The Morgan fingerprint density at radius 3 is 1.86 bits per heavy atom. The minimum absolute atomic E-state index is 0.0730. The summed E-state index contributed by atoms with van der Waals surface area (Å²) in [6.07, 6.45) is 0. The second kappa shape index (κ2) is 6.96. The van der Waals surface area contributed by atoms with Crippen molar-refractivity contribution in [2.45, 2.75) is 4.90 Å². The number of aliphatic hydroxyl groups is 1. The molecule has 2 rings (SSSR count). The van der Waals surface area contributed by atoms with E-state index in [0.717, 1.165) is 10.8 Å². The minimum atomic E-state index is -4.09. The van der Waals surface area contributed by atoms with E-state index in [9.17, 15) is 16.8 Å². The van der Waals surface area contributed by atoms with Crippen LogP contribution in [-0.2, 0) is 20.2 Å². The van der Waals surface area contributed by atoms with Gasteiger partial charge in [0, 0.05) is 0 Å². The molecule has 0 fully saturated rings. The van der Waals surface area contributed by atoms with Crippen LogP contribution < -0.4 is 0 Å². The molecule has 3 N–H and O–H groups in total. The van der Waals surface area contributed by atoms with Gasteiger partial charge >= 0.3 is 0 Å². The fourth-order valence-electron chi connectivity index (χ4n) is 1.44. The Morgan fingerprint density at radius 2 is 1.43 bits per heavy atom. The van der Waals surface area contributed by atoms with Gasteiger partial charge in [-0.2, -0.15) is 16.8 Å². The number of rotatable bonds is 3. The van der Waals surface area contributed by atoms with Crippen LogP contribution in [0, 0.1) is 0 Å². The zero-order valence-electron chi connectivity index (χ0n) is 10.7. The van der Waals surface area contributed by atoms with Gasteiger partial charge < -0.3 is 5.11 Å². The van der Waals surface area contributed by atoms with Crippen molar-refractivity contribution >= 4 is 31.0 Å². The van der Waals surface area contributed by atoms with Crippen LogP contribution in [0.2, 0.25) is 0 Å². The summed E-state index contributed by atoms with van der Waals surface area (Å²) in [6.45, 7) is -0.529. The maximum atomic E-state index is 10.8. The van der Waals surface area contributed by atoms with E-state index in [1.165, 1.54) is 12.1 Å². The first-order valence-electron chi connectivity index (χ1n) is 5.66. The molecule has 0 spiro atoms. The second-order valence-electron chi connectivity index (χ2n) is 3.99. The highest BCUT2D eigenvalue weighted by atomic mass is 32.2. The lowest BCUT2D eigenvalue weighted by Gasteiger charge is -1.99. The summed E-state index contributed by atoms with van der Waals surface area (Å²) in [6, 6.07) is 11.9. The second-order valence-corrected chi connectivity index (χ2v) is 6.99. The fraction of sp³-hybridized carbons (Fsp3) is 0.167. The predicted molar refractivity (Wildman–Crippen MR) is 77.3 cm³/mol. The van der Waals surface area contributed by atoms with E-state index >= 15 is 0 Å². The van der Waals surface area contributed by atoms with Crippen molar-refractivity contribution in [3.63, 3.8) is 0 Å². The minimum Gasteiger partial charge on any atom is -0.395 e. The van der Waals surface area contributed by atoms with E-state index in [-0.39, 0.29) is 4.90 Å². The van der Waals surface area contributed by atoms with Crippen LogP contribution in [0.25, 0.3) is 10.8 Å². The van der Waals surface area contributed by atoms with E-state index in [1.807, 2.05) is 18.2 Å². The van der Waals surface area contributed by atoms with Crippen molar-refractivity contribution in [2.75, 3.05) is 12.4 Å². The van der Waals surface area contributed by atoms with E-state index in [0.29, 0.717) is 0 Å². The summed E-state index contributed by atoms with van der Waals surface area (Å²) >= 11 is 0. The van der Waals surface area contributed by atoms with E-state index in [2.05, 4.69) is 0 Å². The largest absolute Gasteiger partial charge is 0.395 e. The highest BCUT2D eigenvalue weighted by Gasteiger charge is 2.08. The van der Waals surface area contributed by atoms with Crippen LogP contribution >= 0.6 is 0 Å². The molecule has 7 nitrogen and oxygen atoms in total. The van der Waals surface area contributed by atoms with Gasteiger partial charge in [0.1, 0.15) is 0 Å². The summed E-state index contributed by atoms with van der Waals surface area (Å²) < 4.78 is 57.6. The van der Waals surface area contributed by atoms with Crippen LogP contribution in [-0.4, -0.2) is 43.4 Å². The summed E-state index contributed by atoms with van der Waals surface area (Å²) in [5, 5.41) is 9.60. The van der Waals surface area contributed by atoms with Crippen molar-refractivity contribution in [1.82, 2.24) is 0 Å². The molecule has 116 valence electrons. The van der Waals surface area contributed by atoms with Crippen molar-refractivity contribution in [3.05, 3.63) is 42.5 Å². The van der Waals surface area contributed by atoms with E-state index < -0.39 is 32.6 Å². The molecule has 2 aromatic rings. The molecule has 0 unspecified atom stereocenters. The molecule has 0 aliphatic heterocycles. The van der Waals surface area contributed by atoms with Crippen LogP contribution in [0.15, 0.2) is 47.4 Å². The Hall–Kier alpha value is -1.52. The number of benzene rings is 2. The molecule has 0 saturated heterocycles. The lowest BCUT2D eigenvalue weighted by Crippen LogP contribution is -2.06. The molecule has 21 heavy (non-hydrogen) atoms. The van der Waals surface area contributed by atoms with Gasteiger partial charge in [0.25, 0.3) is 20.2 Å².